The number of rotatable bonds is 9. The van der Waals surface area contributed by atoms with E-state index in [2.05, 4.69) is 49.0 Å². The summed E-state index contributed by atoms with van der Waals surface area (Å²) in [4.78, 5) is 22.8. The van der Waals surface area contributed by atoms with Crippen LogP contribution in [0.3, 0.4) is 0 Å². The number of carbonyl (C=O) groups excluding carboxylic acids is 1. The van der Waals surface area contributed by atoms with E-state index >= 15 is 0 Å². The Morgan fingerprint density at radius 1 is 1.12 bits per heavy atom. The van der Waals surface area contributed by atoms with Crippen molar-refractivity contribution in [2.75, 3.05) is 14.2 Å². The second-order valence-electron chi connectivity index (χ2n) is 6.79. The first-order chi connectivity index (χ1) is 16.3. The smallest absolute Gasteiger partial charge is 0.275 e. The lowest BCUT2D eigenvalue weighted by atomic mass is 10.2. The zero-order chi connectivity index (χ0) is 24.7. The Morgan fingerprint density at radius 3 is 2.47 bits per heavy atom. The highest BCUT2D eigenvalue weighted by molar-refractivity contribution is 14.1. The zero-order valence-corrected chi connectivity index (χ0v) is 21.8. The molecule has 11 heteroatoms. The standard InChI is InChI=1S/C23H19BrIN3O6/c1-32-20-8-5-16(24)11-18(20)23(29)27-26-12-15-9-19(25)22(21(10-15)33-2)34-13-14-3-6-17(7-4-14)28(30)31/h3-12H,13H2,1-2H3,(H,27,29)/b26-12-. The summed E-state index contributed by atoms with van der Waals surface area (Å²) in [5.74, 6) is 1.03. The summed E-state index contributed by atoms with van der Waals surface area (Å²) < 4.78 is 18.1. The monoisotopic (exact) mass is 639 g/mol. The van der Waals surface area contributed by atoms with Crippen LogP contribution >= 0.6 is 38.5 Å². The molecule has 0 spiro atoms. The summed E-state index contributed by atoms with van der Waals surface area (Å²) in [6.45, 7) is 0.211. The van der Waals surface area contributed by atoms with Crippen LogP contribution in [0.4, 0.5) is 5.69 Å². The van der Waals surface area contributed by atoms with Gasteiger partial charge in [0.1, 0.15) is 12.4 Å². The molecule has 0 bridgehead atoms. The highest BCUT2D eigenvalue weighted by Gasteiger charge is 2.14. The molecule has 0 radical (unpaired) electrons. The van der Waals surface area contributed by atoms with Crippen LogP contribution in [0.2, 0.25) is 0 Å². The minimum atomic E-state index is -0.450. The number of nitro groups is 1. The van der Waals surface area contributed by atoms with Crippen LogP contribution in [0.1, 0.15) is 21.5 Å². The molecule has 1 amide bonds. The summed E-state index contributed by atoms with van der Waals surface area (Å²) in [7, 11) is 3.01. The number of carbonyl (C=O) groups is 1. The van der Waals surface area contributed by atoms with Crippen LogP contribution in [-0.2, 0) is 6.61 Å². The normalized spacial score (nSPS) is 10.7. The van der Waals surface area contributed by atoms with Crippen LogP contribution in [0.5, 0.6) is 17.2 Å². The lowest BCUT2D eigenvalue weighted by molar-refractivity contribution is -0.384. The van der Waals surface area contributed by atoms with Crippen molar-refractivity contribution in [1.82, 2.24) is 5.43 Å². The number of hydrogen-bond acceptors (Lipinski definition) is 7. The molecule has 9 nitrogen and oxygen atoms in total. The molecule has 0 unspecified atom stereocenters. The van der Waals surface area contributed by atoms with Crippen molar-refractivity contribution >= 4 is 56.3 Å². The molecule has 0 fully saturated rings. The summed E-state index contributed by atoms with van der Waals surface area (Å²) in [5.41, 5.74) is 4.31. The van der Waals surface area contributed by atoms with Crippen LogP contribution in [-0.4, -0.2) is 31.3 Å². The third-order valence-corrected chi connectivity index (χ3v) is 5.86. The summed E-state index contributed by atoms with van der Waals surface area (Å²) in [6.07, 6.45) is 1.49. The van der Waals surface area contributed by atoms with Crippen LogP contribution in [0, 0.1) is 13.7 Å². The second-order valence-corrected chi connectivity index (χ2v) is 8.87. The van der Waals surface area contributed by atoms with E-state index in [1.54, 1.807) is 36.4 Å². The Kier molecular flexibility index (Phi) is 8.82. The van der Waals surface area contributed by atoms with Crippen molar-refractivity contribution in [3.63, 3.8) is 0 Å². The predicted molar refractivity (Wildman–Crippen MR) is 139 cm³/mol. The molecule has 34 heavy (non-hydrogen) atoms. The van der Waals surface area contributed by atoms with Crippen LogP contribution in [0.25, 0.3) is 0 Å². The molecule has 0 aromatic heterocycles. The van der Waals surface area contributed by atoms with Gasteiger partial charge < -0.3 is 14.2 Å². The third-order valence-electron chi connectivity index (χ3n) is 4.57. The van der Waals surface area contributed by atoms with E-state index in [-0.39, 0.29) is 12.3 Å². The Hall–Kier alpha value is -3.19. The van der Waals surface area contributed by atoms with Gasteiger partial charge in [0.2, 0.25) is 0 Å². The zero-order valence-electron chi connectivity index (χ0n) is 18.1. The molecule has 3 rings (SSSR count). The van der Waals surface area contributed by atoms with Crippen molar-refractivity contribution in [1.29, 1.82) is 0 Å². The molecule has 0 atom stereocenters. The number of ether oxygens (including phenoxy) is 3. The number of nitrogens with one attached hydrogen (secondary N) is 1. The number of nitro benzene ring substituents is 1. The van der Waals surface area contributed by atoms with Crippen molar-refractivity contribution in [2.45, 2.75) is 6.61 Å². The molecule has 0 aliphatic carbocycles. The first-order valence-electron chi connectivity index (χ1n) is 9.73. The highest BCUT2D eigenvalue weighted by Crippen LogP contribution is 2.34. The number of methoxy groups -OCH3 is 2. The number of nitrogens with zero attached hydrogens (tertiary/aromatic N) is 2. The van der Waals surface area contributed by atoms with E-state index in [0.717, 1.165) is 13.6 Å². The van der Waals surface area contributed by atoms with Crippen LogP contribution < -0.4 is 19.6 Å². The van der Waals surface area contributed by atoms with Crippen LogP contribution in [0.15, 0.2) is 64.2 Å². The Labute approximate surface area is 217 Å². The predicted octanol–water partition coefficient (Wildman–Crippen LogP) is 5.32. The second kappa shape index (κ2) is 11.8. The maximum absolute atomic E-state index is 12.5. The fraction of sp³-hybridized carbons (Fsp3) is 0.130. The maximum atomic E-state index is 12.5. The largest absolute Gasteiger partial charge is 0.496 e. The molecular formula is C23H19BrIN3O6. The van der Waals surface area contributed by atoms with Gasteiger partial charge in [0.25, 0.3) is 11.6 Å². The number of benzene rings is 3. The van der Waals surface area contributed by atoms with Gasteiger partial charge in [0.05, 0.1) is 34.5 Å². The van der Waals surface area contributed by atoms with Crippen molar-refractivity contribution in [2.24, 2.45) is 5.10 Å². The van der Waals surface area contributed by atoms with Gasteiger partial charge >= 0.3 is 0 Å². The average Bonchev–Trinajstić information content (AvgIpc) is 2.83. The molecule has 1 N–H and O–H groups in total. The van der Waals surface area contributed by atoms with Gasteiger partial charge in [-0.1, -0.05) is 15.9 Å². The summed E-state index contributed by atoms with van der Waals surface area (Å²) >= 11 is 5.45. The molecule has 176 valence electrons. The molecule has 3 aromatic carbocycles. The minimum absolute atomic E-state index is 0.0185. The Morgan fingerprint density at radius 2 is 1.82 bits per heavy atom. The molecule has 0 heterocycles. The van der Waals surface area contributed by atoms with Gasteiger partial charge in [0, 0.05) is 16.6 Å². The number of halogens is 2. The molecule has 3 aromatic rings. The molecule has 0 aliphatic heterocycles. The highest BCUT2D eigenvalue weighted by atomic mass is 127. The fourth-order valence-electron chi connectivity index (χ4n) is 2.91. The number of hydrazone groups is 1. The van der Waals surface area contributed by atoms with Crippen molar-refractivity contribution < 1.29 is 23.9 Å². The quantitative estimate of drug-likeness (QED) is 0.147. The third kappa shape index (κ3) is 6.44. The minimum Gasteiger partial charge on any atom is -0.496 e. The first-order valence-corrected chi connectivity index (χ1v) is 11.6. The van der Waals surface area contributed by atoms with Gasteiger partial charge in [-0.2, -0.15) is 5.10 Å². The van der Waals surface area contributed by atoms with E-state index in [4.69, 9.17) is 14.2 Å². The topological polar surface area (TPSA) is 112 Å². The lowest BCUT2D eigenvalue weighted by Gasteiger charge is -2.13. The van der Waals surface area contributed by atoms with E-state index in [0.29, 0.717) is 28.4 Å². The maximum Gasteiger partial charge on any atom is 0.275 e. The molecule has 0 aliphatic rings. The molecule has 0 saturated heterocycles. The first kappa shape index (κ1) is 25.4. The average molecular weight is 640 g/mol. The van der Waals surface area contributed by atoms with E-state index < -0.39 is 10.8 Å². The number of non-ortho nitro benzene ring substituents is 1. The van der Waals surface area contributed by atoms with Gasteiger partial charge in [-0.25, -0.2) is 5.43 Å². The lowest BCUT2D eigenvalue weighted by Crippen LogP contribution is -2.18. The van der Waals surface area contributed by atoms with Gasteiger partial charge in [-0.15, -0.1) is 0 Å². The van der Waals surface area contributed by atoms with Gasteiger partial charge in [-0.3, -0.25) is 14.9 Å². The SMILES string of the molecule is COc1ccc(Br)cc1C(=O)N/N=C\c1cc(I)c(OCc2ccc([N+](=O)[O-])cc2)c(OC)c1. The molecular weight excluding hydrogens is 621 g/mol. The summed E-state index contributed by atoms with van der Waals surface area (Å²) in [5, 5.41) is 14.8. The molecule has 0 saturated carbocycles. The number of hydrogen-bond donors (Lipinski definition) is 1. The Balaban J connectivity index is 1.70. The Bertz CT molecular complexity index is 1230. The van der Waals surface area contributed by atoms with Gasteiger partial charge in [0.15, 0.2) is 11.5 Å². The fourth-order valence-corrected chi connectivity index (χ4v) is 4.05. The van der Waals surface area contributed by atoms with E-state index in [1.807, 2.05) is 6.07 Å². The van der Waals surface area contributed by atoms with Crippen molar-refractivity contribution in [3.05, 3.63) is 89.4 Å². The van der Waals surface area contributed by atoms with E-state index in [1.165, 1.54) is 32.6 Å². The van der Waals surface area contributed by atoms with Crippen molar-refractivity contribution in [3.8, 4) is 17.2 Å². The summed E-state index contributed by atoms with van der Waals surface area (Å²) in [6, 6.07) is 14.8. The van der Waals surface area contributed by atoms with E-state index in [9.17, 15) is 14.9 Å². The number of amides is 1. The van der Waals surface area contributed by atoms with Gasteiger partial charge in [-0.05, 0) is 76.2 Å².